The van der Waals surface area contributed by atoms with E-state index in [0.29, 0.717) is 0 Å². The van der Waals surface area contributed by atoms with Gasteiger partial charge in [-0.2, -0.15) is 0 Å². The third-order valence-electron chi connectivity index (χ3n) is 3.42. The highest BCUT2D eigenvalue weighted by molar-refractivity contribution is 8.22. The summed E-state index contributed by atoms with van der Waals surface area (Å²) in [5.74, 6) is 0. The second-order valence-electron chi connectivity index (χ2n) is 5.54. The molecule has 2 aromatic rings. The number of benzene rings is 2. The second kappa shape index (κ2) is 9.86. The first-order chi connectivity index (χ1) is 11.2. The molecule has 2 rings (SSSR count). The SMILES string of the molecule is CCC[C@H](O)CC(C)=C(Sc1ccccc1)Sc1ccccc1. The molecular weight excluding hydrogens is 320 g/mol. The number of hydrogen-bond donors (Lipinski definition) is 1. The van der Waals surface area contributed by atoms with Gasteiger partial charge in [0.2, 0.25) is 0 Å². The molecule has 0 heterocycles. The molecule has 0 amide bonds. The molecule has 1 atom stereocenters. The molecule has 0 aliphatic rings. The minimum absolute atomic E-state index is 0.247. The maximum Gasteiger partial charge on any atom is 0.0577 e. The second-order valence-corrected chi connectivity index (χ2v) is 7.97. The number of thioether (sulfide) groups is 2. The minimum atomic E-state index is -0.247. The number of hydrogen-bond acceptors (Lipinski definition) is 3. The molecule has 0 fully saturated rings. The average molecular weight is 345 g/mol. The van der Waals surface area contributed by atoms with Crippen LogP contribution in [0, 0.1) is 0 Å². The van der Waals surface area contributed by atoms with Gasteiger partial charge in [0.05, 0.1) is 6.10 Å². The molecule has 0 aliphatic carbocycles. The van der Waals surface area contributed by atoms with Gasteiger partial charge < -0.3 is 5.11 Å². The first kappa shape index (κ1) is 18.2. The fourth-order valence-electron chi connectivity index (χ4n) is 2.26. The standard InChI is InChI=1S/C20H24OS2/c1-3-10-17(21)15-16(2)20(22-18-11-6-4-7-12-18)23-19-13-8-5-9-14-19/h4-9,11-14,17,21H,3,10,15H2,1-2H3/t17-/m0/s1. The van der Waals surface area contributed by atoms with Crippen molar-refractivity contribution < 1.29 is 5.11 Å². The van der Waals surface area contributed by atoms with E-state index in [1.54, 1.807) is 23.5 Å². The monoisotopic (exact) mass is 344 g/mol. The van der Waals surface area contributed by atoms with E-state index in [9.17, 15) is 5.11 Å². The minimum Gasteiger partial charge on any atom is -0.393 e. The van der Waals surface area contributed by atoms with Crippen LogP contribution in [0.1, 0.15) is 33.1 Å². The van der Waals surface area contributed by atoms with E-state index in [1.807, 2.05) is 12.1 Å². The molecule has 1 N–H and O–H groups in total. The molecule has 2 aromatic carbocycles. The topological polar surface area (TPSA) is 20.2 Å². The number of aliphatic hydroxyl groups is 1. The van der Waals surface area contributed by atoms with Gasteiger partial charge in [0.15, 0.2) is 0 Å². The van der Waals surface area contributed by atoms with Crippen molar-refractivity contribution in [3.05, 3.63) is 70.5 Å². The lowest BCUT2D eigenvalue weighted by molar-refractivity contribution is 0.164. The molecule has 0 radical (unpaired) electrons. The van der Waals surface area contributed by atoms with E-state index in [0.717, 1.165) is 19.3 Å². The molecular formula is C20H24OS2. The van der Waals surface area contributed by atoms with Gasteiger partial charge in [-0.25, -0.2) is 0 Å². The summed E-state index contributed by atoms with van der Waals surface area (Å²) in [7, 11) is 0. The highest BCUT2D eigenvalue weighted by atomic mass is 32.2. The molecule has 122 valence electrons. The summed E-state index contributed by atoms with van der Waals surface area (Å²) in [5, 5.41) is 10.1. The molecule has 0 bridgehead atoms. The molecule has 0 unspecified atom stereocenters. The maximum atomic E-state index is 10.1. The van der Waals surface area contributed by atoms with Crippen LogP contribution >= 0.6 is 23.5 Å². The third kappa shape index (κ3) is 6.46. The summed E-state index contributed by atoms with van der Waals surface area (Å²) in [4.78, 5) is 2.46. The maximum absolute atomic E-state index is 10.1. The Morgan fingerprint density at radius 1 is 0.913 bits per heavy atom. The normalized spacial score (nSPS) is 12.0. The molecule has 3 heteroatoms. The van der Waals surface area contributed by atoms with E-state index >= 15 is 0 Å². The van der Waals surface area contributed by atoms with Gasteiger partial charge in [0, 0.05) is 14.0 Å². The Balaban J connectivity index is 2.19. The molecule has 0 aromatic heterocycles. The summed E-state index contributed by atoms with van der Waals surface area (Å²) in [5.41, 5.74) is 1.26. The van der Waals surface area contributed by atoms with Gasteiger partial charge in [0.25, 0.3) is 0 Å². The molecule has 0 saturated heterocycles. The van der Waals surface area contributed by atoms with Crippen LogP contribution in [0.25, 0.3) is 0 Å². The van der Waals surface area contributed by atoms with Crippen molar-refractivity contribution in [2.45, 2.75) is 49.0 Å². The highest BCUT2D eigenvalue weighted by Crippen LogP contribution is 2.42. The Kier molecular flexibility index (Phi) is 7.80. The largest absolute Gasteiger partial charge is 0.393 e. The fourth-order valence-corrected chi connectivity index (χ4v) is 4.53. The predicted molar refractivity (Wildman–Crippen MR) is 103 cm³/mol. The Morgan fingerprint density at radius 3 is 1.83 bits per heavy atom. The van der Waals surface area contributed by atoms with E-state index in [-0.39, 0.29) is 6.10 Å². The van der Waals surface area contributed by atoms with Crippen LogP contribution < -0.4 is 0 Å². The zero-order valence-corrected chi connectivity index (χ0v) is 15.4. The van der Waals surface area contributed by atoms with Gasteiger partial charge in [-0.15, -0.1) is 0 Å². The Bertz CT molecular complexity index is 565. The summed E-state index contributed by atoms with van der Waals surface area (Å²) < 4.78 is 1.26. The molecule has 23 heavy (non-hydrogen) atoms. The summed E-state index contributed by atoms with van der Waals surface area (Å²) in [6.07, 6.45) is 2.36. The van der Waals surface area contributed by atoms with Gasteiger partial charge >= 0.3 is 0 Å². The lowest BCUT2D eigenvalue weighted by atomic mass is 10.1. The quantitative estimate of drug-likeness (QED) is 0.563. The molecule has 1 nitrogen and oxygen atoms in total. The predicted octanol–water partition coefficient (Wildman–Crippen LogP) is 6.35. The van der Waals surface area contributed by atoms with Crippen molar-refractivity contribution in [2.75, 3.05) is 0 Å². The Morgan fingerprint density at radius 2 is 1.39 bits per heavy atom. The summed E-state index contributed by atoms with van der Waals surface area (Å²) in [6, 6.07) is 20.9. The first-order valence-corrected chi connectivity index (χ1v) is 9.66. The van der Waals surface area contributed by atoms with Crippen LogP contribution in [0.15, 0.2) is 80.3 Å². The van der Waals surface area contributed by atoms with E-state index in [4.69, 9.17) is 0 Å². The lowest BCUT2D eigenvalue weighted by Gasteiger charge is -2.15. The lowest BCUT2D eigenvalue weighted by Crippen LogP contribution is -2.06. The van der Waals surface area contributed by atoms with Gasteiger partial charge in [-0.1, -0.05) is 78.8 Å². The highest BCUT2D eigenvalue weighted by Gasteiger charge is 2.11. The molecule has 0 spiro atoms. The molecule has 0 aliphatic heterocycles. The zero-order valence-electron chi connectivity index (χ0n) is 13.7. The third-order valence-corrected chi connectivity index (χ3v) is 6.00. The summed E-state index contributed by atoms with van der Waals surface area (Å²) in [6.45, 7) is 4.25. The Hall–Kier alpha value is -1.16. The van der Waals surface area contributed by atoms with Crippen LogP contribution in [0.2, 0.25) is 0 Å². The fraction of sp³-hybridized carbons (Fsp3) is 0.300. The van der Waals surface area contributed by atoms with Crippen molar-refractivity contribution in [3.8, 4) is 0 Å². The van der Waals surface area contributed by atoms with Crippen molar-refractivity contribution in [1.82, 2.24) is 0 Å². The number of aliphatic hydroxyl groups excluding tert-OH is 1. The Labute approximate surface area is 148 Å². The van der Waals surface area contributed by atoms with Crippen LogP contribution in [0.3, 0.4) is 0 Å². The van der Waals surface area contributed by atoms with Crippen molar-refractivity contribution >= 4 is 23.5 Å². The smallest absolute Gasteiger partial charge is 0.0577 e. The van der Waals surface area contributed by atoms with Crippen LogP contribution in [0.4, 0.5) is 0 Å². The molecule has 0 saturated carbocycles. The van der Waals surface area contributed by atoms with E-state index in [2.05, 4.69) is 62.4 Å². The van der Waals surface area contributed by atoms with Crippen molar-refractivity contribution in [2.24, 2.45) is 0 Å². The van der Waals surface area contributed by atoms with Crippen LogP contribution in [0.5, 0.6) is 0 Å². The van der Waals surface area contributed by atoms with Gasteiger partial charge in [-0.3, -0.25) is 0 Å². The number of rotatable bonds is 8. The van der Waals surface area contributed by atoms with Crippen LogP contribution in [-0.2, 0) is 0 Å². The van der Waals surface area contributed by atoms with Crippen molar-refractivity contribution in [1.29, 1.82) is 0 Å². The van der Waals surface area contributed by atoms with Crippen LogP contribution in [-0.4, -0.2) is 11.2 Å². The van der Waals surface area contributed by atoms with Gasteiger partial charge in [0.1, 0.15) is 0 Å². The van der Waals surface area contributed by atoms with Gasteiger partial charge in [-0.05, 0) is 44.0 Å². The van der Waals surface area contributed by atoms with Crippen molar-refractivity contribution in [3.63, 3.8) is 0 Å². The van der Waals surface area contributed by atoms with E-state index < -0.39 is 0 Å². The summed E-state index contributed by atoms with van der Waals surface area (Å²) >= 11 is 3.57. The van der Waals surface area contributed by atoms with E-state index in [1.165, 1.54) is 19.6 Å². The average Bonchev–Trinajstić information content (AvgIpc) is 2.56. The first-order valence-electron chi connectivity index (χ1n) is 8.02. The zero-order chi connectivity index (χ0) is 16.5.